The Morgan fingerprint density at radius 3 is 2.48 bits per heavy atom. The lowest BCUT2D eigenvalue weighted by Gasteiger charge is -2.17. The number of alkyl halides is 6. The predicted octanol–water partition coefficient (Wildman–Crippen LogP) is 3.99. The van der Waals surface area contributed by atoms with Crippen molar-refractivity contribution in [1.82, 2.24) is 4.98 Å². The van der Waals surface area contributed by atoms with Crippen LogP contribution in [0.3, 0.4) is 0 Å². The van der Waals surface area contributed by atoms with Gasteiger partial charge in [0.05, 0.1) is 12.2 Å². The summed E-state index contributed by atoms with van der Waals surface area (Å²) < 4.78 is 70.9. The highest BCUT2D eigenvalue weighted by atomic mass is 79.9. The van der Waals surface area contributed by atoms with Crippen molar-refractivity contribution in [1.29, 1.82) is 0 Å². The van der Waals surface area contributed by atoms with Crippen LogP contribution in [-0.4, -0.2) is 23.9 Å². The SMILES string of the molecule is CCOC(=O)c1ncc(C(F)F)c(OC(F)(F)F)c1CBr. The van der Waals surface area contributed by atoms with Crippen LogP contribution in [0, 0.1) is 0 Å². The van der Waals surface area contributed by atoms with Gasteiger partial charge in [0.1, 0.15) is 5.75 Å². The summed E-state index contributed by atoms with van der Waals surface area (Å²) in [6.45, 7) is 1.43. The van der Waals surface area contributed by atoms with E-state index in [9.17, 15) is 26.7 Å². The molecule has 0 radical (unpaired) electrons. The van der Waals surface area contributed by atoms with Crippen LogP contribution in [0.15, 0.2) is 6.20 Å². The van der Waals surface area contributed by atoms with Gasteiger partial charge in [-0.1, -0.05) is 15.9 Å². The van der Waals surface area contributed by atoms with Gasteiger partial charge in [-0.25, -0.2) is 18.6 Å². The summed E-state index contributed by atoms with van der Waals surface area (Å²) in [4.78, 5) is 15.0. The van der Waals surface area contributed by atoms with Crippen LogP contribution in [0.5, 0.6) is 5.75 Å². The Labute approximate surface area is 124 Å². The molecule has 1 heterocycles. The lowest BCUT2D eigenvalue weighted by molar-refractivity contribution is -0.275. The molecule has 0 bridgehead atoms. The normalized spacial score (nSPS) is 11.6. The quantitative estimate of drug-likeness (QED) is 0.442. The van der Waals surface area contributed by atoms with Crippen LogP contribution in [0.2, 0.25) is 0 Å². The van der Waals surface area contributed by atoms with Gasteiger partial charge in [-0.15, -0.1) is 13.2 Å². The number of halogens is 6. The summed E-state index contributed by atoms with van der Waals surface area (Å²) in [6, 6.07) is 0. The average molecular weight is 378 g/mol. The van der Waals surface area contributed by atoms with E-state index in [2.05, 4.69) is 30.4 Å². The van der Waals surface area contributed by atoms with Gasteiger partial charge in [0.15, 0.2) is 5.69 Å². The Morgan fingerprint density at radius 1 is 1.43 bits per heavy atom. The Hall–Kier alpha value is -1.45. The van der Waals surface area contributed by atoms with Crippen LogP contribution in [0.1, 0.15) is 35.0 Å². The summed E-state index contributed by atoms with van der Waals surface area (Å²) in [5, 5.41) is -0.347. The van der Waals surface area contributed by atoms with E-state index in [4.69, 9.17) is 0 Å². The molecule has 0 atom stereocenters. The number of pyridine rings is 1. The zero-order valence-corrected chi connectivity index (χ0v) is 12.1. The Bertz CT molecular complexity index is 521. The summed E-state index contributed by atoms with van der Waals surface area (Å²) in [5.74, 6) is -2.17. The number of carbonyl (C=O) groups is 1. The van der Waals surface area contributed by atoms with Crippen molar-refractivity contribution in [3.05, 3.63) is 23.0 Å². The minimum absolute atomic E-state index is 0.0473. The fourth-order valence-electron chi connectivity index (χ4n) is 1.44. The standard InChI is InChI=1S/C11H9BrF5NO3/c1-2-20-10(19)7-5(3-12)8(21-11(15,16)17)6(4-18-7)9(13)14/h4,9H,2-3H2,1H3. The maximum Gasteiger partial charge on any atom is 0.573 e. The Balaban J connectivity index is 3.45. The number of nitrogens with zero attached hydrogens (tertiary/aromatic N) is 1. The molecule has 1 aromatic rings. The first kappa shape index (κ1) is 17.6. The number of hydrogen-bond acceptors (Lipinski definition) is 4. The van der Waals surface area contributed by atoms with E-state index in [0.29, 0.717) is 6.20 Å². The van der Waals surface area contributed by atoms with Gasteiger partial charge in [-0.3, -0.25) is 0 Å². The molecule has 21 heavy (non-hydrogen) atoms. The molecule has 4 nitrogen and oxygen atoms in total. The molecule has 0 spiro atoms. The molecule has 118 valence electrons. The Kier molecular flexibility index (Phi) is 5.87. The monoisotopic (exact) mass is 377 g/mol. The maximum absolute atomic E-state index is 12.8. The van der Waals surface area contributed by atoms with Crippen molar-refractivity contribution in [2.45, 2.75) is 25.0 Å². The molecule has 0 amide bonds. The number of rotatable bonds is 5. The first-order chi connectivity index (χ1) is 9.71. The van der Waals surface area contributed by atoms with Crippen molar-refractivity contribution in [3.63, 3.8) is 0 Å². The summed E-state index contributed by atoms with van der Waals surface area (Å²) in [7, 11) is 0. The van der Waals surface area contributed by atoms with Crippen molar-refractivity contribution in [3.8, 4) is 5.75 Å². The maximum atomic E-state index is 12.8. The molecule has 0 aliphatic rings. The minimum Gasteiger partial charge on any atom is -0.461 e. The van der Waals surface area contributed by atoms with Crippen molar-refractivity contribution in [2.24, 2.45) is 0 Å². The van der Waals surface area contributed by atoms with Crippen LogP contribution < -0.4 is 4.74 Å². The van der Waals surface area contributed by atoms with Gasteiger partial charge in [-0.05, 0) is 6.92 Å². The molecule has 0 saturated heterocycles. The third kappa shape index (κ3) is 4.51. The number of carbonyl (C=O) groups excluding carboxylic acids is 1. The third-order valence-corrected chi connectivity index (χ3v) is 2.77. The highest BCUT2D eigenvalue weighted by Crippen LogP contribution is 2.37. The molecule has 0 N–H and O–H groups in total. The number of esters is 1. The molecular weight excluding hydrogens is 369 g/mol. The Morgan fingerprint density at radius 2 is 2.05 bits per heavy atom. The average Bonchev–Trinajstić information content (AvgIpc) is 2.36. The minimum atomic E-state index is -5.19. The summed E-state index contributed by atoms with van der Waals surface area (Å²) in [6.07, 6.45) is -7.97. The van der Waals surface area contributed by atoms with Crippen molar-refractivity contribution in [2.75, 3.05) is 6.61 Å². The van der Waals surface area contributed by atoms with E-state index in [1.165, 1.54) is 6.92 Å². The fourth-order valence-corrected chi connectivity index (χ4v) is 1.96. The molecule has 0 aliphatic carbocycles. The van der Waals surface area contributed by atoms with E-state index in [-0.39, 0.29) is 11.9 Å². The smallest absolute Gasteiger partial charge is 0.461 e. The van der Waals surface area contributed by atoms with Gasteiger partial charge < -0.3 is 9.47 Å². The van der Waals surface area contributed by atoms with Crippen LogP contribution in [0.4, 0.5) is 22.0 Å². The second-order valence-corrected chi connectivity index (χ2v) is 4.13. The third-order valence-electron chi connectivity index (χ3n) is 2.21. The largest absolute Gasteiger partial charge is 0.573 e. The van der Waals surface area contributed by atoms with Crippen LogP contribution >= 0.6 is 15.9 Å². The molecule has 0 fully saturated rings. The second-order valence-electron chi connectivity index (χ2n) is 3.57. The lowest BCUT2D eigenvalue weighted by Crippen LogP contribution is -2.21. The number of aromatic nitrogens is 1. The highest BCUT2D eigenvalue weighted by molar-refractivity contribution is 9.08. The van der Waals surface area contributed by atoms with Gasteiger partial charge in [0.2, 0.25) is 0 Å². The molecule has 1 rings (SSSR count). The number of ether oxygens (including phenoxy) is 2. The molecule has 10 heteroatoms. The summed E-state index contributed by atoms with van der Waals surface area (Å²) >= 11 is 2.83. The topological polar surface area (TPSA) is 48.4 Å². The van der Waals surface area contributed by atoms with Crippen molar-refractivity contribution < 1.29 is 36.2 Å². The number of hydrogen-bond donors (Lipinski definition) is 0. The highest BCUT2D eigenvalue weighted by Gasteiger charge is 2.36. The molecule has 1 aromatic heterocycles. The van der Waals surface area contributed by atoms with Crippen molar-refractivity contribution >= 4 is 21.9 Å². The molecular formula is C11H9BrF5NO3. The van der Waals surface area contributed by atoms with E-state index in [1.54, 1.807) is 0 Å². The van der Waals surface area contributed by atoms with E-state index >= 15 is 0 Å². The zero-order valence-electron chi connectivity index (χ0n) is 10.5. The second kappa shape index (κ2) is 7.01. The first-order valence-corrected chi connectivity index (χ1v) is 6.62. The van der Waals surface area contributed by atoms with Gasteiger partial charge in [-0.2, -0.15) is 0 Å². The zero-order chi connectivity index (χ0) is 16.2. The van der Waals surface area contributed by atoms with Gasteiger partial charge >= 0.3 is 12.3 Å². The molecule has 0 aromatic carbocycles. The van der Waals surface area contributed by atoms with E-state index in [0.717, 1.165) is 0 Å². The molecule has 0 unspecified atom stereocenters. The van der Waals surface area contributed by atoms with Gasteiger partial charge in [0, 0.05) is 17.1 Å². The lowest BCUT2D eigenvalue weighted by atomic mass is 10.1. The predicted molar refractivity (Wildman–Crippen MR) is 64.5 cm³/mol. The summed E-state index contributed by atoms with van der Waals surface area (Å²) in [5.41, 5.74) is -2.03. The fraction of sp³-hybridized carbons (Fsp3) is 0.455. The molecule has 0 aliphatic heterocycles. The first-order valence-electron chi connectivity index (χ1n) is 5.50. The van der Waals surface area contributed by atoms with E-state index < -0.39 is 41.3 Å². The van der Waals surface area contributed by atoms with Crippen LogP contribution in [0.25, 0.3) is 0 Å². The molecule has 0 saturated carbocycles. The van der Waals surface area contributed by atoms with E-state index in [1.807, 2.05) is 0 Å². The van der Waals surface area contributed by atoms with Crippen LogP contribution in [-0.2, 0) is 10.1 Å². The van der Waals surface area contributed by atoms with Gasteiger partial charge in [0.25, 0.3) is 6.43 Å².